The van der Waals surface area contributed by atoms with E-state index in [1.165, 1.54) is 0 Å². The number of hydrogen-bond acceptors (Lipinski definition) is 10. The minimum Gasteiger partial charge on any atom is -0.396 e. The second kappa shape index (κ2) is 11.8. The van der Waals surface area contributed by atoms with Gasteiger partial charge in [-0.25, -0.2) is 0 Å². The summed E-state index contributed by atoms with van der Waals surface area (Å²) < 4.78 is 11.0. The average Bonchev–Trinajstić information content (AvgIpc) is 3.32. The lowest BCUT2D eigenvalue weighted by atomic mass is 9.93. The number of H-pyrrole nitrogens is 1. The van der Waals surface area contributed by atoms with Crippen LogP contribution in [0.5, 0.6) is 0 Å². The molecule has 2 fully saturated rings. The molecule has 3 aromatic rings. The van der Waals surface area contributed by atoms with Crippen LogP contribution in [-0.4, -0.2) is 120 Å². The first kappa shape index (κ1) is 28.5. The zero-order valence-electron chi connectivity index (χ0n) is 21.3. The average molecular weight is 554 g/mol. The van der Waals surface area contributed by atoms with Crippen LogP contribution in [0.3, 0.4) is 0 Å². The molecule has 11 nitrogen and oxygen atoms in total. The van der Waals surface area contributed by atoms with Gasteiger partial charge in [0.15, 0.2) is 0 Å². The zero-order valence-corrected chi connectivity index (χ0v) is 21.3. The molecule has 2 aliphatic rings. The minimum absolute atomic E-state index is 0.0963. The van der Waals surface area contributed by atoms with Gasteiger partial charge in [-0.15, -0.1) is 0 Å². The molecule has 40 heavy (non-hydrogen) atoms. The van der Waals surface area contributed by atoms with Crippen molar-refractivity contribution < 1.29 is 50.3 Å². The molecule has 0 aliphatic carbocycles. The number of aliphatic hydroxyl groups is 8. The van der Waals surface area contributed by atoms with Crippen molar-refractivity contribution in [1.82, 2.24) is 4.98 Å². The summed E-state index contributed by atoms with van der Waals surface area (Å²) in [4.78, 5) is 3.31. The molecule has 0 spiro atoms. The third-order valence-corrected chi connectivity index (χ3v) is 7.33. The SMILES string of the molecule is OCC[C@H]1O[C@H](C#Cc2ccc3c(c2)[nH]c2cc(C#C[C@H]4O[C@H](CO)[C@@H](O)[C@H](O)[C@@H]4O)ccc23)[C@@H](O)[C@@H](O)[C@@H]1O. The first-order valence-electron chi connectivity index (χ1n) is 12.9. The Labute approximate surface area is 229 Å². The normalized spacial score (nSPS) is 34.2. The molecule has 0 amide bonds. The highest BCUT2D eigenvalue weighted by molar-refractivity contribution is 6.07. The highest BCUT2D eigenvalue weighted by atomic mass is 16.5. The Balaban J connectivity index is 1.36. The van der Waals surface area contributed by atoms with Crippen LogP contribution in [0, 0.1) is 23.7 Å². The predicted octanol–water partition coefficient (Wildman–Crippen LogP) is -1.90. The van der Waals surface area contributed by atoms with Gasteiger partial charge in [0.05, 0.1) is 12.7 Å². The molecule has 0 unspecified atom stereocenters. The van der Waals surface area contributed by atoms with Gasteiger partial charge in [0.1, 0.15) is 54.9 Å². The van der Waals surface area contributed by atoms with E-state index >= 15 is 0 Å². The topological polar surface area (TPSA) is 196 Å². The number of aromatic amines is 1. The van der Waals surface area contributed by atoms with E-state index in [2.05, 4.69) is 28.7 Å². The summed E-state index contributed by atoms with van der Waals surface area (Å²) in [5.74, 6) is 11.4. The van der Waals surface area contributed by atoms with Crippen LogP contribution in [0.2, 0.25) is 0 Å². The van der Waals surface area contributed by atoms with Gasteiger partial charge in [-0.05, 0) is 30.7 Å². The summed E-state index contributed by atoms with van der Waals surface area (Å²) in [6.45, 7) is -0.775. The van der Waals surface area contributed by atoms with E-state index in [-0.39, 0.29) is 13.0 Å². The van der Waals surface area contributed by atoms with Crippen LogP contribution >= 0.6 is 0 Å². The number of aromatic nitrogens is 1. The highest BCUT2D eigenvalue weighted by Crippen LogP contribution is 2.28. The minimum atomic E-state index is -1.50. The van der Waals surface area contributed by atoms with Gasteiger partial charge in [-0.1, -0.05) is 35.8 Å². The lowest BCUT2D eigenvalue weighted by Crippen LogP contribution is -2.58. The Morgan fingerprint density at radius 2 is 1.10 bits per heavy atom. The van der Waals surface area contributed by atoms with Crippen molar-refractivity contribution in [2.45, 2.75) is 67.5 Å². The fraction of sp³-hybridized carbons (Fsp3) is 0.448. The molecular weight excluding hydrogens is 522 g/mol. The van der Waals surface area contributed by atoms with Crippen LogP contribution in [0.4, 0.5) is 0 Å². The van der Waals surface area contributed by atoms with E-state index in [4.69, 9.17) is 9.47 Å². The van der Waals surface area contributed by atoms with E-state index in [0.717, 1.165) is 21.8 Å². The lowest BCUT2D eigenvalue weighted by Gasteiger charge is -2.38. The monoisotopic (exact) mass is 553 g/mol. The fourth-order valence-electron chi connectivity index (χ4n) is 5.03. The van der Waals surface area contributed by atoms with Crippen LogP contribution in [-0.2, 0) is 9.47 Å². The molecule has 212 valence electrons. The Hall–Kier alpha value is -3.04. The smallest absolute Gasteiger partial charge is 0.147 e. The third-order valence-electron chi connectivity index (χ3n) is 7.33. The molecule has 9 N–H and O–H groups in total. The van der Waals surface area contributed by atoms with E-state index in [0.29, 0.717) is 11.1 Å². The Morgan fingerprint density at radius 3 is 1.57 bits per heavy atom. The Bertz CT molecular complexity index is 1480. The molecular formula is C29H31NO10. The van der Waals surface area contributed by atoms with Crippen molar-refractivity contribution in [3.63, 3.8) is 0 Å². The molecule has 0 saturated carbocycles. The summed E-state index contributed by atoms with van der Waals surface area (Å²) in [6.07, 6.45) is -12.5. The molecule has 2 saturated heterocycles. The second-order valence-electron chi connectivity index (χ2n) is 10.0. The number of rotatable bonds is 3. The van der Waals surface area contributed by atoms with Crippen LogP contribution in [0.1, 0.15) is 17.5 Å². The number of hydrogen-bond donors (Lipinski definition) is 9. The predicted molar refractivity (Wildman–Crippen MR) is 142 cm³/mol. The van der Waals surface area contributed by atoms with Crippen molar-refractivity contribution in [3.05, 3.63) is 47.5 Å². The summed E-state index contributed by atoms with van der Waals surface area (Å²) in [6, 6.07) is 11.0. The molecule has 10 atom stereocenters. The van der Waals surface area contributed by atoms with E-state index < -0.39 is 67.6 Å². The summed E-state index contributed by atoms with van der Waals surface area (Å²) in [5, 5.41) is 81.0. The van der Waals surface area contributed by atoms with Gasteiger partial charge in [-0.3, -0.25) is 0 Å². The maximum Gasteiger partial charge on any atom is 0.147 e. The van der Waals surface area contributed by atoms with Gasteiger partial charge >= 0.3 is 0 Å². The van der Waals surface area contributed by atoms with Gasteiger partial charge < -0.3 is 55.3 Å². The summed E-state index contributed by atoms with van der Waals surface area (Å²) >= 11 is 0. The number of aliphatic hydroxyl groups excluding tert-OH is 8. The van der Waals surface area contributed by atoms with Gasteiger partial charge in [0.2, 0.25) is 0 Å². The molecule has 3 heterocycles. The number of benzene rings is 2. The van der Waals surface area contributed by atoms with Crippen molar-refractivity contribution in [2.75, 3.05) is 13.2 Å². The maximum atomic E-state index is 10.3. The van der Waals surface area contributed by atoms with Crippen molar-refractivity contribution in [1.29, 1.82) is 0 Å². The van der Waals surface area contributed by atoms with E-state index in [1.54, 1.807) is 12.1 Å². The first-order valence-corrected chi connectivity index (χ1v) is 12.9. The molecule has 2 aliphatic heterocycles. The largest absolute Gasteiger partial charge is 0.396 e. The number of ether oxygens (including phenoxy) is 2. The van der Waals surface area contributed by atoms with E-state index in [1.807, 2.05) is 24.3 Å². The standard InChI is InChI=1S/C29H31NO10/c31-10-9-22-26(35)28(37)24(33)20(39-22)7-3-14-1-5-16-17-6-2-15(12-19(17)30-18(16)11-14)4-8-21-25(34)29(38)27(36)23(13-32)40-21/h1-2,5-6,11-12,20-38H,9-10,13H2/t20-,21-,22-,23-,24-,25-,26-,27-,28-,29-/m1/s1. The lowest BCUT2D eigenvalue weighted by molar-refractivity contribution is -0.214. The fourth-order valence-corrected chi connectivity index (χ4v) is 5.03. The number of fused-ring (bicyclic) bond motifs is 3. The zero-order chi connectivity index (χ0) is 28.6. The molecule has 2 aromatic carbocycles. The quantitative estimate of drug-likeness (QED) is 0.165. The van der Waals surface area contributed by atoms with Crippen LogP contribution in [0.15, 0.2) is 36.4 Å². The maximum absolute atomic E-state index is 10.3. The molecule has 0 bridgehead atoms. The summed E-state index contributed by atoms with van der Waals surface area (Å²) in [5.41, 5.74) is 2.81. The van der Waals surface area contributed by atoms with Crippen LogP contribution in [0.25, 0.3) is 21.8 Å². The Kier molecular flexibility index (Phi) is 8.42. The van der Waals surface area contributed by atoms with Crippen molar-refractivity contribution >= 4 is 21.8 Å². The van der Waals surface area contributed by atoms with Gasteiger partial charge in [0.25, 0.3) is 0 Å². The van der Waals surface area contributed by atoms with Gasteiger partial charge in [-0.2, -0.15) is 0 Å². The first-order chi connectivity index (χ1) is 19.2. The van der Waals surface area contributed by atoms with Gasteiger partial charge in [0, 0.05) is 39.5 Å². The molecule has 11 heteroatoms. The van der Waals surface area contributed by atoms with Crippen molar-refractivity contribution in [2.24, 2.45) is 0 Å². The summed E-state index contributed by atoms with van der Waals surface area (Å²) in [7, 11) is 0. The van der Waals surface area contributed by atoms with E-state index in [9.17, 15) is 40.9 Å². The third kappa shape index (κ3) is 5.46. The highest BCUT2D eigenvalue weighted by Gasteiger charge is 2.43. The van der Waals surface area contributed by atoms with Crippen LogP contribution < -0.4 is 0 Å². The molecule has 5 rings (SSSR count). The van der Waals surface area contributed by atoms with Crippen molar-refractivity contribution in [3.8, 4) is 23.7 Å². The molecule has 1 aromatic heterocycles. The molecule has 0 radical (unpaired) electrons. The number of nitrogens with one attached hydrogen (secondary N) is 1. The Morgan fingerprint density at radius 1 is 0.625 bits per heavy atom. The second-order valence-corrected chi connectivity index (χ2v) is 10.0.